The van der Waals surface area contributed by atoms with Gasteiger partial charge in [0.05, 0.1) is 5.56 Å². The number of hydrogen-bond donors (Lipinski definition) is 0. The number of aromatic nitrogens is 1. The molecule has 2 fully saturated rings. The fourth-order valence-electron chi connectivity index (χ4n) is 4.57. The van der Waals surface area contributed by atoms with Crippen molar-refractivity contribution < 1.29 is 14.3 Å². The molecule has 3 rings (SSSR count). The Kier molecular flexibility index (Phi) is 4.45. The second kappa shape index (κ2) is 6.14. The lowest BCUT2D eigenvalue weighted by Gasteiger charge is -2.39. The van der Waals surface area contributed by atoms with Crippen LogP contribution in [0.25, 0.3) is 0 Å². The molecule has 2 aliphatic rings. The van der Waals surface area contributed by atoms with E-state index >= 15 is 0 Å². The third kappa shape index (κ3) is 3.63. The standard InChI is InChI=1S/C18H23BrN2O3/c1-17(2)5-14-6-18(3,10-17)11-21(14)15(22)9-24-16(23)12-4-13(19)8-20-7-12/h4,7-8,14H,5-6,9-11H2,1-3H3/t14-,18-/m1/s1. The van der Waals surface area contributed by atoms with Crippen molar-refractivity contribution in [3.8, 4) is 0 Å². The number of likely N-dealkylation sites (tertiary alicyclic amines) is 1. The number of amides is 1. The van der Waals surface area contributed by atoms with Gasteiger partial charge in [0.2, 0.25) is 0 Å². The largest absolute Gasteiger partial charge is 0.452 e. The first-order valence-corrected chi connectivity index (χ1v) is 9.04. The van der Waals surface area contributed by atoms with E-state index in [9.17, 15) is 9.59 Å². The number of fused-ring (bicyclic) bond motifs is 2. The highest BCUT2D eigenvalue weighted by Crippen LogP contribution is 2.52. The minimum Gasteiger partial charge on any atom is -0.452 e. The Labute approximate surface area is 150 Å². The maximum Gasteiger partial charge on any atom is 0.340 e. The summed E-state index contributed by atoms with van der Waals surface area (Å²) in [5.74, 6) is -0.622. The lowest BCUT2D eigenvalue weighted by atomic mass is 9.65. The van der Waals surface area contributed by atoms with Crippen LogP contribution in [-0.4, -0.2) is 41.0 Å². The summed E-state index contributed by atoms with van der Waals surface area (Å²) in [5, 5.41) is 0. The maximum atomic E-state index is 12.6. The van der Waals surface area contributed by atoms with Crippen LogP contribution in [0.3, 0.4) is 0 Å². The Hall–Kier alpha value is -1.43. The Morgan fingerprint density at radius 1 is 1.33 bits per heavy atom. The molecule has 1 aliphatic heterocycles. The average Bonchev–Trinajstić information content (AvgIpc) is 2.73. The van der Waals surface area contributed by atoms with Gasteiger partial charge in [0.1, 0.15) is 0 Å². The van der Waals surface area contributed by atoms with E-state index in [1.165, 1.54) is 6.20 Å². The summed E-state index contributed by atoms with van der Waals surface area (Å²) in [6.45, 7) is 7.35. The van der Waals surface area contributed by atoms with E-state index in [-0.39, 0.29) is 29.4 Å². The first kappa shape index (κ1) is 17.4. The molecule has 1 aliphatic carbocycles. The topological polar surface area (TPSA) is 59.5 Å². The van der Waals surface area contributed by atoms with Gasteiger partial charge in [0, 0.05) is 29.5 Å². The van der Waals surface area contributed by atoms with Gasteiger partial charge in [0.25, 0.3) is 5.91 Å². The number of nitrogens with zero attached hydrogens (tertiary/aromatic N) is 2. The van der Waals surface area contributed by atoms with Crippen LogP contribution in [0.2, 0.25) is 0 Å². The predicted octanol–water partition coefficient (Wildman–Crippen LogP) is 3.43. The molecule has 0 aromatic carbocycles. The van der Waals surface area contributed by atoms with Crippen molar-refractivity contribution in [1.82, 2.24) is 9.88 Å². The zero-order chi connectivity index (χ0) is 17.5. The molecule has 24 heavy (non-hydrogen) atoms. The molecule has 2 heterocycles. The van der Waals surface area contributed by atoms with Crippen LogP contribution in [0.1, 0.15) is 50.4 Å². The maximum absolute atomic E-state index is 12.6. The average molecular weight is 395 g/mol. The van der Waals surface area contributed by atoms with E-state index < -0.39 is 5.97 Å². The van der Waals surface area contributed by atoms with E-state index in [1.54, 1.807) is 12.3 Å². The van der Waals surface area contributed by atoms with Gasteiger partial charge in [-0.2, -0.15) is 0 Å². The first-order chi connectivity index (χ1) is 11.2. The minimum absolute atomic E-state index is 0.0993. The van der Waals surface area contributed by atoms with Crippen molar-refractivity contribution in [1.29, 1.82) is 0 Å². The number of hydrogen-bond acceptors (Lipinski definition) is 4. The molecule has 6 heteroatoms. The number of carbonyl (C=O) groups excluding carboxylic acids is 2. The quantitative estimate of drug-likeness (QED) is 0.736. The van der Waals surface area contributed by atoms with Crippen LogP contribution in [0.15, 0.2) is 22.9 Å². The van der Waals surface area contributed by atoms with Gasteiger partial charge in [-0.25, -0.2) is 4.79 Å². The van der Waals surface area contributed by atoms with Gasteiger partial charge in [-0.1, -0.05) is 20.8 Å². The number of ether oxygens (including phenoxy) is 1. The Morgan fingerprint density at radius 3 is 2.79 bits per heavy atom. The van der Waals surface area contributed by atoms with Gasteiger partial charge < -0.3 is 9.64 Å². The summed E-state index contributed by atoms with van der Waals surface area (Å²) in [6, 6.07) is 1.89. The van der Waals surface area contributed by atoms with E-state index in [2.05, 4.69) is 41.7 Å². The molecule has 1 aromatic rings. The highest BCUT2D eigenvalue weighted by molar-refractivity contribution is 9.10. The number of esters is 1. The molecule has 2 bridgehead atoms. The van der Waals surface area contributed by atoms with Crippen molar-refractivity contribution in [3.63, 3.8) is 0 Å². The lowest BCUT2D eigenvalue weighted by molar-refractivity contribution is -0.135. The van der Waals surface area contributed by atoms with Crippen molar-refractivity contribution >= 4 is 27.8 Å². The predicted molar refractivity (Wildman–Crippen MR) is 93.5 cm³/mol. The van der Waals surface area contributed by atoms with Crippen LogP contribution in [-0.2, 0) is 9.53 Å². The molecule has 0 N–H and O–H groups in total. The lowest BCUT2D eigenvalue weighted by Crippen LogP contribution is -2.39. The second-order valence-electron chi connectivity index (χ2n) is 8.20. The molecule has 1 amide bonds. The van der Waals surface area contributed by atoms with Crippen LogP contribution in [0.4, 0.5) is 0 Å². The second-order valence-corrected chi connectivity index (χ2v) is 9.12. The fourth-order valence-corrected chi connectivity index (χ4v) is 4.93. The minimum atomic E-state index is -0.522. The van der Waals surface area contributed by atoms with Gasteiger partial charge in [0.15, 0.2) is 6.61 Å². The normalized spacial score (nSPS) is 27.8. The zero-order valence-corrected chi connectivity index (χ0v) is 15.9. The molecule has 0 spiro atoms. The van der Waals surface area contributed by atoms with Gasteiger partial charge >= 0.3 is 5.97 Å². The van der Waals surface area contributed by atoms with Crippen LogP contribution < -0.4 is 0 Å². The Morgan fingerprint density at radius 2 is 2.08 bits per heavy atom. The molecule has 0 radical (unpaired) electrons. The monoisotopic (exact) mass is 394 g/mol. The summed E-state index contributed by atoms with van der Waals surface area (Å²) >= 11 is 3.27. The third-order valence-corrected chi connectivity index (χ3v) is 5.44. The molecule has 1 aromatic heterocycles. The van der Waals surface area contributed by atoms with Gasteiger partial charge in [-0.05, 0) is 52.1 Å². The van der Waals surface area contributed by atoms with Crippen molar-refractivity contribution in [2.24, 2.45) is 10.8 Å². The summed E-state index contributed by atoms with van der Waals surface area (Å²) < 4.78 is 5.90. The number of carbonyl (C=O) groups is 2. The number of halogens is 1. The van der Waals surface area contributed by atoms with E-state index in [0.717, 1.165) is 25.8 Å². The van der Waals surface area contributed by atoms with Crippen LogP contribution >= 0.6 is 15.9 Å². The smallest absolute Gasteiger partial charge is 0.340 e. The summed E-state index contributed by atoms with van der Waals surface area (Å²) in [5.41, 5.74) is 0.775. The molecule has 1 saturated heterocycles. The fraction of sp³-hybridized carbons (Fsp3) is 0.611. The molecular weight excluding hydrogens is 372 g/mol. The van der Waals surface area contributed by atoms with Crippen molar-refractivity contribution in [2.45, 2.75) is 46.1 Å². The van der Waals surface area contributed by atoms with E-state index in [0.29, 0.717) is 10.0 Å². The summed E-state index contributed by atoms with van der Waals surface area (Å²) in [7, 11) is 0. The molecule has 5 nitrogen and oxygen atoms in total. The summed E-state index contributed by atoms with van der Waals surface area (Å²) in [6.07, 6.45) is 6.21. The summed E-state index contributed by atoms with van der Waals surface area (Å²) in [4.78, 5) is 30.5. The van der Waals surface area contributed by atoms with Crippen molar-refractivity contribution in [2.75, 3.05) is 13.2 Å². The van der Waals surface area contributed by atoms with Crippen molar-refractivity contribution in [3.05, 3.63) is 28.5 Å². The Balaban J connectivity index is 1.61. The number of pyridine rings is 1. The highest BCUT2D eigenvalue weighted by atomic mass is 79.9. The Bertz CT molecular complexity index is 676. The molecule has 130 valence electrons. The third-order valence-electron chi connectivity index (χ3n) is 5.00. The SMILES string of the molecule is CC1(C)C[C@@H]2C[C@@](C)(CN2C(=O)COC(=O)c2cncc(Br)c2)C1. The number of rotatable bonds is 3. The van der Waals surface area contributed by atoms with Gasteiger partial charge in [-0.3, -0.25) is 9.78 Å². The zero-order valence-electron chi connectivity index (χ0n) is 14.3. The highest BCUT2D eigenvalue weighted by Gasteiger charge is 2.50. The molecule has 2 atom stereocenters. The van der Waals surface area contributed by atoms with Gasteiger partial charge in [-0.15, -0.1) is 0 Å². The first-order valence-electron chi connectivity index (χ1n) is 8.25. The van der Waals surface area contributed by atoms with E-state index in [4.69, 9.17) is 4.74 Å². The van der Waals surface area contributed by atoms with Crippen LogP contribution in [0, 0.1) is 10.8 Å². The molecule has 1 saturated carbocycles. The van der Waals surface area contributed by atoms with Crippen LogP contribution in [0.5, 0.6) is 0 Å². The van der Waals surface area contributed by atoms with E-state index in [1.807, 2.05) is 4.90 Å². The molecular formula is C18H23BrN2O3. The molecule has 0 unspecified atom stereocenters.